The summed E-state index contributed by atoms with van der Waals surface area (Å²) in [5, 5.41) is 0. The molecule has 0 atom stereocenters. The van der Waals surface area contributed by atoms with E-state index in [0.29, 0.717) is 0 Å². The molecule has 0 aromatic heterocycles. The van der Waals surface area contributed by atoms with Crippen molar-refractivity contribution in [1.82, 2.24) is 0 Å². The second-order valence-corrected chi connectivity index (χ2v) is 2.77. The average Bonchev–Trinajstić information content (AvgIpc) is 1.97. The minimum absolute atomic E-state index is 0. The van der Waals surface area contributed by atoms with E-state index in [1.807, 2.05) is 0 Å². The van der Waals surface area contributed by atoms with Gasteiger partial charge in [-0.2, -0.15) is 0 Å². The Morgan fingerprint density at radius 1 is 1.09 bits per heavy atom. The van der Waals surface area contributed by atoms with Gasteiger partial charge in [-0.1, -0.05) is 44.8 Å². The Kier molecular flexibility index (Phi) is 16.8. The van der Waals surface area contributed by atoms with Gasteiger partial charge < -0.3 is 2.85 Å². The molecule has 0 heterocycles. The molecule has 0 spiro atoms. The number of hydrogen-bond donors (Lipinski definition) is 0. The van der Waals surface area contributed by atoms with Crippen LogP contribution in [-0.4, -0.2) is 23.1 Å². The van der Waals surface area contributed by atoms with Gasteiger partial charge in [0, 0.05) is 0 Å². The normalized spacial score (nSPS) is 10.0. The molecular formula is C10H22Mg. The quantitative estimate of drug-likeness (QED) is 0.320. The molecule has 0 aliphatic rings. The van der Waals surface area contributed by atoms with Gasteiger partial charge in [-0.25, -0.2) is 0 Å². The summed E-state index contributed by atoms with van der Waals surface area (Å²) in [5.41, 5.74) is 0. The first kappa shape index (κ1) is 14.1. The van der Waals surface area contributed by atoms with Crippen LogP contribution in [0.2, 0.25) is 0 Å². The van der Waals surface area contributed by atoms with Crippen LogP contribution in [0.3, 0.4) is 0 Å². The van der Waals surface area contributed by atoms with Crippen LogP contribution in [0.4, 0.5) is 0 Å². The molecule has 0 nitrogen and oxygen atoms in total. The minimum Gasteiger partial charge on any atom is -1.00 e. The predicted octanol–water partition coefficient (Wildman–Crippen LogP) is 3.77. The average molecular weight is 167 g/mol. The molecular weight excluding hydrogens is 144 g/mol. The Bertz CT molecular complexity index is 85.0. The summed E-state index contributed by atoms with van der Waals surface area (Å²) in [7, 11) is 0. The van der Waals surface area contributed by atoms with Crippen LogP contribution in [-0.2, 0) is 0 Å². The van der Waals surface area contributed by atoms with E-state index in [-0.39, 0.29) is 25.9 Å². The van der Waals surface area contributed by atoms with Crippen LogP contribution in [0.5, 0.6) is 0 Å². The summed E-state index contributed by atoms with van der Waals surface area (Å²) in [4.78, 5) is 0. The molecule has 0 rings (SSSR count). The van der Waals surface area contributed by atoms with Crippen LogP contribution in [0.25, 0.3) is 0 Å². The molecule has 0 saturated heterocycles. The van der Waals surface area contributed by atoms with E-state index in [4.69, 9.17) is 0 Å². The van der Waals surface area contributed by atoms with E-state index in [1.54, 1.807) is 0 Å². The first-order valence-corrected chi connectivity index (χ1v) is 4.53. The summed E-state index contributed by atoms with van der Waals surface area (Å²) in [6, 6.07) is 0. The van der Waals surface area contributed by atoms with Gasteiger partial charge in [0.1, 0.15) is 0 Å². The third-order valence-electron chi connectivity index (χ3n) is 1.71. The molecule has 0 radical (unpaired) electrons. The molecule has 0 amide bonds. The summed E-state index contributed by atoms with van der Waals surface area (Å²) in [5.74, 6) is 0. The maximum atomic E-state index is 2.26. The molecule has 0 fully saturated rings. The van der Waals surface area contributed by atoms with Crippen molar-refractivity contribution in [3.05, 3.63) is 12.2 Å². The van der Waals surface area contributed by atoms with Gasteiger partial charge in [0.25, 0.3) is 0 Å². The minimum atomic E-state index is 0. The largest absolute Gasteiger partial charge is 2.00 e. The summed E-state index contributed by atoms with van der Waals surface area (Å²) in [6.45, 7) is 4.35. The Morgan fingerprint density at radius 2 is 1.73 bits per heavy atom. The molecule has 0 N–H and O–H groups in total. The zero-order chi connectivity index (χ0) is 7.66. The van der Waals surface area contributed by atoms with Gasteiger partial charge in [0.2, 0.25) is 0 Å². The fraction of sp³-hybridized carbons (Fsp3) is 0.800. The van der Waals surface area contributed by atoms with Crippen LogP contribution in [0.15, 0.2) is 12.2 Å². The maximum Gasteiger partial charge on any atom is 2.00 e. The smallest absolute Gasteiger partial charge is 1.00 e. The van der Waals surface area contributed by atoms with Gasteiger partial charge in [0.15, 0.2) is 0 Å². The van der Waals surface area contributed by atoms with Crippen LogP contribution < -0.4 is 0 Å². The molecule has 0 bridgehead atoms. The molecule has 0 aliphatic heterocycles. The predicted molar refractivity (Wildman–Crippen MR) is 56.2 cm³/mol. The Balaban J connectivity index is -0.000000135. The SMILES string of the molecule is C/C=C/CCCCCCC.[H-].[H-].[Mg+2]. The van der Waals surface area contributed by atoms with Crippen molar-refractivity contribution in [2.24, 2.45) is 0 Å². The molecule has 0 aromatic rings. The van der Waals surface area contributed by atoms with Gasteiger partial charge in [0.05, 0.1) is 0 Å². The topological polar surface area (TPSA) is 0 Å². The standard InChI is InChI=1S/C10H20.Mg.2H/c1-3-5-7-9-10-8-6-4-2;;;/h3,5H,4,6-10H2,1-2H3;;;/q;+2;2*-1/b5-3+;;;. The summed E-state index contributed by atoms with van der Waals surface area (Å²) >= 11 is 0. The first-order valence-electron chi connectivity index (χ1n) is 4.53. The van der Waals surface area contributed by atoms with Crippen LogP contribution in [0, 0.1) is 0 Å². The molecule has 0 aromatic carbocycles. The molecule has 0 saturated carbocycles. The van der Waals surface area contributed by atoms with E-state index in [1.165, 1.54) is 38.5 Å². The van der Waals surface area contributed by atoms with Gasteiger partial charge in [-0.15, -0.1) is 0 Å². The molecule has 64 valence electrons. The molecule has 1 heteroatoms. The number of unbranched alkanes of at least 4 members (excludes halogenated alkanes) is 5. The summed E-state index contributed by atoms with van der Waals surface area (Å²) in [6.07, 6.45) is 12.7. The third kappa shape index (κ3) is 13.5. The Morgan fingerprint density at radius 3 is 2.27 bits per heavy atom. The van der Waals surface area contributed by atoms with Crippen molar-refractivity contribution in [2.75, 3.05) is 0 Å². The van der Waals surface area contributed by atoms with E-state index >= 15 is 0 Å². The Hall–Kier alpha value is 0.506. The zero-order valence-electron chi connectivity index (χ0n) is 10.1. The molecule has 0 unspecified atom stereocenters. The van der Waals surface area contributed by atoms with Crippen LogP contribution in [0.1, 0.15) is 55.2 Å². The van der Waals surface area contributed by atoms with Crippen molar-refractivity contribution in [1.29, 1.82) is 0 Å². The monoisotopic (exact) mass is 166 g/mol. The van der Waals surface area contributed by atoms with Crippen molar-refractivity contribution in [3.8, 4) is 0 Å². The summed E-state index contributed by atoms with van der Waals surface area (Å²) < 4.78 is 0. The number of rotatable bonds is 6. The number of hydrogen-bond acceptors (Lipinski definition) is 0. The van der Waals surface area contributed by atoms with E-state index in [9.17, 15) is 0 Å². The van der Waals surface area contributed by atoms with Gasteiger partial charge in [-0.3, -0.25) is 0 Å². The van der Waals surface area contributed by atoms with Crippen LogP contribution >= 0.6 is 0 Å². The van der Waals surface area contributed by atoms with E-state index in [0.717, 1.165) is 0 Å². The van der Waals surface area contributed by atoms with Crippen molar-refractivity contribution in [3.63, 3.8) is 0 Å². The van der Waals surface area contributed by atoms with Crippen molar-refractivity contribution < 1.29 is 2.85 Å². The second-order valence-electron chi connectivity index (χ2n) is 2.77. The third-order valence-corrected chi connectivity index (χ3v) is 1.71. The molecule has 11 heavy (non-hydrogen) atoms. The molecule has 0 aliphatic carbocycles. The van der Waals surface area contributed by atoms with Gasteiger partial charge >= 0.3 is 23.1 Å². The van der Waals surface area contributed by atoms with E-state index < -0.39 is 0 Å². The Labute approximate surface area is 90.6 Å². The second kappa shape index (κ2) is 13.1. The van der Waals surface area contributed by atoms with Gasteiger partial charge in [-0.05, 0) is 19.8 Å². The van der Waals surface area contributed by atoms with E-state index in [2.05, 4.69) is 26.0 Å². The number of allylic oxidation sites excluding steroid dienone is 2. The fourth-order valence-electron chi connectivity index (χ4n) is 1.03. The van der Waals surface area contributed by atoms with Crippen molar-refractivity contribution >= 4 is 23.1 Å². The maximum absolute atomic E-state index is 2.26. The first-order chi connectivity index (χ1) is 4.91. The zero-order valence-corrected chi connectivity index (χ0v) is 9.52. The fourth-order valence-corrected chi connectivity index (χ4v) is 1.03. The van der Waals surface area contributed by atoms with Crippen molar-refractivity contribution in [2.45, 2.75) is 52.4 Å².